The molecular formula is C16H20ClN3O2S. The van der Waals surface area contributed by atoms with Crippen LogP contribution < -0.4 is 4.31 Å². The fourth-order valence-corrected chi connectivity index (χ4v) is 5.00. The maximum Gasteiger partial charge on any atom is 0.283 e. The van der Waals surface area contributed by atoms with E-state index in [-0.39, 0.29) is 15.5 Å². The lowest BCUT2D eigenvalue weighted by molar-refractivity contribution is 0.573. The molecule has 1 aliphatic rings. The zero-order valence-electron chi connectivity index (χ0n) is 13.7. The molecule has 0 amide bonds. The Bertz CT molecular complexity index is 846. The van der Waals surface area contributed by atoms with Gasteiger partial charge in [-0.2, -0.15) is 13.5 Å². The van der Waals surface area contributed by atoms with Gasteiger partial charge in [-0.05, 0) is 29.0 Å². The number of hydrogen-bond donors (Lipinski definition) is 0. The van der Waals surface area contributed by atoms with Crippen LogP contribution in [0, 0.1) is 0 Å². The Morgan fingerprint density at radius 1 is 1.26 bits per heavy atom. The summed E-state index contributed by atoms with van der Waals surface area (Å²) in [4.78, 5) is 0. The monoisotopic (exact) mass is 353 g/mol. The van der Waals surface area contributed by atoms with Crippen LogP contribution in [0.4, 0.5) is 5.69 Å². The highest BCUT2D eigenvalue weighted by Crippen LogP contribution is 2.37. The van der Waals surface area contributed by atoms with Crippen molar-refractivity contribution in [2.45, 2.75) is 37.6 Å². The molecule has 0 atom stereocenters. The van der Waals surface area contributed by atoms with Crippen LogP contribution in [-0.2, 0) is 28.9 Å². The molecule has 0 radical (unpaired) electrons. The van der Waals surface area contributed by atoms with E-state index in [1.807, 2.05) is 12.1 Å². The Balaban J connectivity index is 2.07. The third-order valence-corrected chi connectivity index (χ3v) is 6.50. The van der Waals surface area contributed by atoms with Crippen LogP contribution in [-0.4, -0.2) is 24.7 Å². The lowest BCUT2D eigenvalue weighted by Crippen LogP contribution is -2.30. The number of anilines is 1. The van der Waals surface area contributed by atoms with E-state index in [1.54, 1.807) is 7.05 Å². The van der Waals surface area contributed by atoms with Gasteiger partial charge in [0, 0.05) is 13.6 Å². The Morgan fingerprint density at radius 2 is 1.96 bits per heavy atom. The molecule has 124 valence electrons. The van der Waals surface area contributed by atoms with Crippen LogP contribution in [0.2, 0.25) is 5.02 Å². The van der Waals surface area contributed by atoms with Gasteiger partial charge < -0.3 is 0 Å². The van der Waals surface area contributed by atoms with Gasteiger partial charge in [0.15, 0.2) is 5.03 Å². The number of hydrogen-bond acceptors (Lipinski definition) is 3. The van der Waals surface area contributed by atoms with Gasteiger partial charge in [-0.3, -0.25) is 8.99 Å². The van der Waals surface area contributed by atoms with Gasteiger partial charge in [0.2, 0.25) is 0 Å². The average Bonchev–Trinajstić information content (AvgIpc) is 3.01. The van der Waals surface area contributed by atoms with Gasteiger partial charge >= 0.3 is 0 Å². The van der Waals surface area contributed by atoms with Gasteiger partial charge in [-0.15, -0.1) is 0 Å². The molecule has 7 heteroatoms. The lowest BCUT2D eigenvalue weighted by atomic mass is 9.86. The van der Waals surface area contributed by atoms with Crippen molar-refractivity contribution >= 4 is 27.3 Å². The summed E-state index contributed by atoms with van der Waals surface area (Å²) >= 11 is 6.03. The largest absolute Gasteiger partial charge is 0.283 e. The number of fused-ring (bicyclic) bond motifs is 1. The number of nitrogens with zero attached hydrogens (tertiary/aromatic N) is 3. The Morgan fingerprint density at radius 3 is 2.52 bits per heavy atom. The fraction of sp³-hybridized carbons (Fsp3) is 0.438. The molecule has 23 heavy (non-hydrogen) atoms. The van der Waals surface area contributed by atoms with E-state index >= 15 is 0 Å². The van der Waals surface area contributed by atoms with Gasteiger partial charge in [0.25, 0.3) is 10.0 Å². The number of aromatic nitrogens is 2. The van der Waals surface area contributed by atoms with Crippen LogP contribution in [0.1, 0.15) is 31.9 Å². The molecule has 0 fully saturated rings. The minimum absolute atomic E-state index is 0.0342. The van der Waals surface area contributed by atoms with E-state index in [9.17, 15) is 8.42 Å². The van der Waals surface area contributed by atoms with E-state index in [2.05, 4.69) is 31.9 Å². The summed E-state index contributed by atoms with van der Waals surface area (Å²) < 4.78 is 28.7. The molecule has 0 spiro atoms. The summed E-state index contributed by atoms with van der Waals surface area (Å²) in [6, 6.07) is 6.00. The van der Waals surface area contributed by atoms with Crippen molar-refractivity contribution in [1.82, 2.24) is 9.78 Å². The third kappa shape index (κ3) is 2.64. The summed E-state index contributed by atoms with van der Waals surface area (Å²) in [7, 11) is -2.13. The van der Waals surface area contributed by atoms with Gasteiger partial charge in [0.1, 0.15) is 0 Å². The van der Waals surface area contributed by atoms with E-state index in [1.165, 1.54) is 20.7 Å². The summed E-state index contributed by atoms with van der Waals surface area (Å²) in [6.45, 7) is 6.86. The molecule has 0 aliphatic carbocycles. The first-order valence-electron chi connectivity index (χ1n) is 7.46. The van der Waals surface area contributed by atoms with Crippen molar-refractivity contribution in [3.05, 3.63) is 40.5 Å². The van der Waals surface area contributed by atoms with Gasteiger partial charge in [0.05, 0.1) is 16.9 Å². The second-order valence-corrected chi connectivity index (χ2v) is 9.03. The molecule has 2 aromatic rings. The predicted molar refractivity (Wildman–Crippen MR) is 91.6 cm³/mol. The highest BCUT2D eigenvalue weighted by Gasteiger charge is 2.35. The van der Waals surface area contributed by atoms with E-state index in [0.29, 0.717) is 13.0 Å². The third-order valence-electron chi connectivity index (χ3n) is 4.18. The number of halogens is 1. The highest BCUT2D eigenvalue weighted by atomic mass is 35.5. The van der Waals surface area contributed by atoms with Crippen molar-refractivity contribution in [2.75, 3.05) is 10.8 Å². The minimum atomic E-state index is -3.72. The zero-order chi connectivity index (χ0) is 17.0. The lowest BCUT2D eigenvalue weighted by Gasteiger charge is -2.22. The fourth-order valence-electron chi connectivity index (χ4n) is 2.88. The second kappa shape index (κ2) is 5.24. The minimum Gasteiger partial charge on any atom is -0.264 e. The standard InChI is InChI=1S/C16H20ClN3O2S/c1-16(2,3)12-5-6-14-11(9-12)7-8-20(14)23(21,22)15-13(17)10-18-19(15)4/h5-6,9-10H,7-8H2,1-4H3. The van der Waals surface area contributed by atoms with E-state index in [4.69, 9.17) is 11.6 Å². The van der Waals surface area contributed by atoms with Crippen LogP contribution in [0.15, 0.2) is 29.4 Å². The molecular weight excluding hydrogens is 334 g/mol. The predicted octanol–water partition coefficient (Wildman–Crippen LogP) is 3.12. The number of sulfonamides is 1. The van der Waals surface area contributed by atoms with Crippen LogP contribution in [0.25, 0.3) is 0 Å². The molecule has 0 bridgehead atoms. The van der Waals surface area contributed by atoms with Crippen LogP contribution in [0.5, 0.6) is 0 Å². The average molecular weight is 354 g/mol. The van der Waals surface area contributed by atoms with E-state index < -0.39 is 10.0 Å². The number of aryl methyl sites for hydroxylation is 1. The maximum absolute atomic E-state index is 13.0. The number of benzene rings is 1. The van der Waals surface area contributed by atoms with Crippen molar-refractivity contribution < 1.29 is 8.42 Å². The van der Waals surface area contributed by atoms with Crippen molar-refractivity contribution in [2.24, 2.45) is 7.05 Å². The second-order valence-electron chi connectivity index (χ2n) is 6.84. The molecule has 1 aliphatic heterocycles. The van der Waals surface area contributed by atoms with Crippen molar-refractivity contribution in [1.29, 1.82) is 0 Å². The maximum atomic E-state index is 13.0. The molecule has 1 aromatic carbocycles. The number of rotatable bonds is 2. The molecule has 0 N–H and O–H groups in total. The van der Waals surface area contributed by atoms with Crippen molar-refractivity contribution in [3.8, 4) is 0 Å². The van der Waals surface area contributed by atoms with Crippen molar-refractivity contribution in [3.63, 3.8) is 0 Å². The van der Waals surface area contributed by atoms with Crippen LogP contribution >= 0.6 is 11.6 Å². The molecule has 0 unspecified atom stereocenters. The zero-order valence-corrected chi connectivity index (χ0v) is 15.2. The highest BCUT2D eigenvalue weighted by molar-refractivity contribution is 7.92. The summed E-state index contributed by atoms with van der Waals surface area (Å²) in [6.07, 6.45) is 2.06. The quantitative estimate of drug-likeness (QED) is 0.833. The summed E-state index contributed by atoms with van der Waals surface area (Å²) in [5, 5.41) is 4.11. The summed E-state index contributed by atoms with van der Waals surface area (Å²) in [5.74, 6) is 0. The van der Waals surface area contributed by atoms with Gasteiger partial charge in [-0.1, -0.05) is 44.5 Å². The van der Waals surface area contributed by atoms with Crippen LogP contribution in [0.3, 0.4) is 0 Å². The topological polar surface area (TPSA) is 55.2 Å². The first kappa shape index (κ1) is 16.3. The normalized spacial score (nSPS) is 15.1. The Hall–Kier alpha value is -1.53. The first-order chi connectivity index (χ1) is 10.6. The summed E-state index contributed by atoms with van der Waals surface area (Å²) in [5.41, 5.74) is 3.02. The SMILES string of the molecule is Cn1ncc(Cl)c1S(=O)(=O)N1CCc2cc(C(C)(C)C)ccc21. The van der Waals surface area contributed by atoms with E-state index in [0.717, 1.165) is 11.3 Å². The molecule has 0 saturated carbocycles. The molecule has 3 rings (SSSR count). The Kier molecular flexibility index (Phi) is 3.72. The molecule has 5 nitrogen and oxygen atoms in total. The molecule has 2 heterocycles. The first-order valence-corrected chi connectivity index (χ1v) is 9.28. The smallest absolute Gasteiger partial charge is 0.264 e. The molecule has 0 saturated heterocycles. The Labute approximate surface area is 141 Å². The molecule has 1 aromatic heterocycles. The van der Waals surface area contributed by atoms with Gasteiger partial charge in [-0.25, -0.2) is 0 Å².